The molecule has 0 aliphatic carbocycles. The number of rotatable bonds is 6. The van der Waals surface area contributed by atoms with Crippen LogP contribution < -0.4 is 5.32 Å². The molecule has 0 heterocycles. The second kappa shape index (κ2) is 7.56. The van der Waals surface area contributed by atoms with Crippen molar-refractivity contribution in [3.63, 3.8) is 0 Å². The first-order valence-corrected chi connectivity index (χ1v) is 6.44. The third-order valence-electron chi connectivity index (χ3n) is 2.43. The highest BCUT2D eigenvalue weighted by atomic mass is 16.5. The maximum atomic E-state index is 12.1. The SMILES string of the molecule is [2H][C@@](CC(C)C)(NC(=O)c1ccccc1)C(=O)OCC. The number of hydrogen-bond acceptors (Lipinski definition) is 3. The summed E-state index contributed by atoms with van der Waals surface area (Å²) >= 11 is 0. The Morgan fingerprint density at radius 3 is 2.47 bits per heavy atom. The normalized spacial score (nSPS) is 14.4. The molecule has 104 valence electrons. The number of nitrogens with one attached hydrogen (secondary N) is 1. The van der Waals surface area contributed by atoms with Crippen LogP contribution in [0.2, 0.25) is 0 Å². The Morgan fingerprint density at radius 1 is 1.32 bits per heavy atom. The largest absolute Gasteiger partial charge is 0.464 e. The summed E-state index contributed by atoms with van der Waals surface area (Å²) in [5, 5.41) is 2.48. The first-order chi connectivity index (χ1) is 9.39. The zero-order valence-corrected chi connectivity index (χ0v) is 11.6. The van der Waals surface area contributed by atoms with E-state index in [4.69, 9.17) is 6.11 Å². The van der Waals surface area contributed by atoms with Crippen molar-refractivity contribution in [2.75, 3.05) is 6.61 Å². The highest BCUT2D eigenvalue weighted by Crippen LogP contribution is 2.08. The van der Waals surface area contributed by atoms with Crippen LogP contribution in [-0.2, 0) is 9.53 Å². The van der Waals surface area contributed by atoms with Crippen molar-refractivity contribution in [2.24, 2.45) is 5.92 Å². The Balaban J connectivity index is 2.89. The number of carbonyl (C=O) groups excluding carboxylic acids is 2. The van der Waals surface area contributed by atoms with Crippen molar-refractivity contribution in [1.29, 1.82) is 0 Å². The van der Waals surface area contributed by atoms with E-state index in [1.807, 2.05) is 13.8 Å². The molecule has 1 aromatic carbocycles. The minimum Gasteiger partial charge on any atom is -0.464 e. The van der Waals surface area contributed by atoms with Crippen LogP contribution in [0.15, 0.2) is 30.3 Å². The number of amides is 1. The van der Waals surface area contributed by atoms with E-state index >= 15 is 0 Å². The van der Waals surface area contributed by atoms with Gasteiger partial charge in [0.2, 0.25) is 0 Å². The smallest absolute Gasteiger partial charge is 0.328 e. The minimum atomic E-state index is -1.75. The molecule has 1 atom stereocenters. The second-order valence-electron chi connectivity index (χ2n) is 4.62. The fraction of sp³-hybridized carbons (Fsp3) is 0.467. The Bertz CT molecular complexity index is 461. The van der Waals surface area contributed by atoms with Gasteiger partial charge in [0, 0.05) is 5.56 Å². The molecule has 1 amide bonds. The van der Waals surface area contributed by atoms with Crippen LogP contribution in [0.4, 0.5) is 0 Å². The van der Waals surface area contributed by atoms with Gasteiger partial charge in [-0.25, -0.2) is 4.79 Å². The fourth-order valence-electron chi connectivity index (χ4n) is 1.61. The molecule has 1 N–H and O–H groups in total. The van der Waals surface area contributed by atoms with Crippen molar-refractivity contribution < 1.29 is 15.7 Å². The van der Waals surface area contributed by atoms with Crippen LogP contribution in [0.5, 0.6) is 0 Å². The zero-order valence-electron chi connectivity index (χ0n) is 12.6. The predicted molar refractivity (Wildman–Crippen MR) is 73.8 cm³/mol. The second-order valence-corrected chi connectivity index (χ2v) is 4.62. The Labute approximate surface area is 115 Å². The third kappa shape index (κ3) is 5.12. The van der Waals surface area contributed by atoms with Gasteiger partial charge in [0.05, 0.1) is 7.98 Å². The molecule has 0 bridgehead atoms. The molecular formula is C15H21NO3. The minimum absolute atomic E-state index is 0.0768. The van der Waals surface area contributed by atoms with E-state index in [0.29, 0.717) is 5.56 Å². The topological polar surface area (TPSA) is 55.4 Å². The number of esters is 1. The van der Waals surface area contributed by atoms with Crippen LogP contribution in [0.3, 0.4) is 0 Å². The van der Waals surface area contributed by atoms with Crippen LogP contribution in [-0.4, -0.2) is 24.5 Å². The van der Waals surface area contributed by atoms with Crippen molar-refractivity contribution in [3.8, 4) is 0 Å². The highest BCUT2D eigenvalue weighted by molar-refractivity contribution is 5.96. The van der Waals surface area contributed by atoms with E-state index in [2.05, 4.69) is 5.32 Å². The van der Waals surface area contributed by atoms with E-state index in [-0.39, 0.29) is 18.9 Å². The van der Waals surface area contributed by atoms with Gasteiger partial charge in [0.1, 0.15) is 6.02 Å². The van der Waals surface area contributed by atoms with Gasteiger partial charge in [-0.2, -0.15) is 0 Å². The van der Waals surface area contributed by atoms with Gasteiger partial charge in [0.15, 0.2) is 0 Å². The Morgan fingerprint density at radius 2 is 1.95 bits per heavy atom. The standard InChI is InChI=1S/C15H21NO3/c1-4-19-15(18)13(10-11(2)3)16-14(17)12-8-6-5-7-9-12/h5-9,11,13H,4,10H2,1-3H3,(H,16,17)/t13-/m0/s1/i13D. The molecule has 0 aliphatic heterocycles. The first kappa shape index (κ1) is 13.6. The number of carbonyl (C=O) groups is 2. The van der Waals surface area contributed by atoms with Crippen molar-refractivity contribution in [1.82, 2.24) is 5.32 Å². The summed E-state index contributed by atoms with van der Waals surface area (Å²) in [6, 6.07) is 6.77. The van der Waals surface area contributed by atoms with E-state index in [9.17, 15) is 9.59 Å². The summed E-state index contributed by atoms with van der Waals surface area (Å²) in [5.74, 6) is -1.10. The van der Waals surface area contributed by atoms with Crippen molar-refractivity contribution in [2.45, 2.75) is 33.2 Å². The molecule has 0 saturated carbocycles. The average Bonchev–Trinajstić information content (AvgIpc) is 2.39. The Hall–Kier alpha value is -1.84. The van der Waals surface area contributed by atoms with Gasteiger partial charge in [-0.15, -0.1) is 0 Å². The highest BCUT2D eigenvalue weighted by Gasteiger charge is 2.23. The third-order valence-corrected chi connectivity index (χ3v) is 2.43. The molecule has 0 saturated heterocycles. The van der Waals surface area contributed by atoms with Gasteiger partial charge in [-0.3, -0.25) is 4.79 Å². The monoisotopic (exact) mass is 264 g/mol. The summed E-state index contributed by atoms with van der Waals surface area (Å²) in [6.07, 6.45) is 0.199. The maximum absolute atomic E-state index is 12.1. The molecule has 4 heteroatoms. The van der Waals surface area contributed by atoms with Gasteiger partial charge in [-0.1, -0.05) is 32.0 Å². The zero-order chi connectivity index (χ0) is 15.2. The van der Waals surface area contributed by atoms with Crippen molar-refractivity contribution >= 4 is 11.9 Å². The van der Waals surface area contributed by atoms with E-state index < -0.39 is 17.9 Å². The van der Waals surface area contributed by atoms with Gasteiger partial charge in [0.25, 0.3) is 5.91 Å². The lowest BCUT2D eigenvalue weighted by molar-refractivity contribution is -0.145. The molecule has 0 aliphatic rings. The number of benzene rings is 1. The molecule has 19 heavy (non-hydrogen) atoms. The number of hydrogen-bond donors (Lipinski definition) is 1. The maximum Gasteiger partial charge on any atom is 0.328 e. The summed E-state index contributed by atoms with van der Waals surface area (Å²) in [7, 11) is 0. The lowest BCUT2D eigenvalue weighted by Crippen LogP contribution is -2.42. The lowest BCUT2D eigenvalue weighted by atomic mass is 10.0. The molecule has 0 fully saturated rings. The molecule has 0 unspecified atom stereocenters. The summed E-state index contributed by atoms with van der Waals surface area (Å²) in [5.41, 5.74) is 0.414. The summed E-state index contributed by atoms with van der Waals surface area (Å²) < 4.78 is 13.1. The van der Waals surface area contributed by atoms with Gasteiger partial charge < -0.3 is 10.1 Å². The van der Waals surface area contributed by atoms with Crippen molar-refractivity contribution in [3.05, 3.63) is 35.9 Å². The van der Waals surface area contributed by atoms with Crippen LogP contribution in [0, 0.1) is 5.92 Å². The predicted octanol–water partition coefficient (Wildman–Crippen LogP) is 2.39. The van der Waals surface area contributed by atoms with Crippen LogP contribution in [0.1, 0.15) is 38.9 Å². The molecule has 0 aromatic heterocycles. The van der Waals surface area contributed by atoms with E-state index in [0.717, 1.165) is 0 Å². The Kier molecular flexibility index (Phi) is 5.41. The molecule has 1 aromatic rings. The lowest BCUT2D eigenvalue weighted by Gasteiger charge is -2.19. The van der Waals surface area contributed by atoms with E-state index in [1.54, 1.807) is 37.3 Å². The molecule has 1 rings (SSSR count). The quantitative estimate of drug-likeness (QED) is 0.803. The van der Waals surface area contributed by atoms with Crippen LogP contribution in [0.25, 0.3) is 0 Å². The molecule has 4 nitrogen and oxygen atoms in total. The van der Waals surface area contributed by atoms with Crippen LogP contribution >= 0.6 is 0 Å². The summed E-state index contributed by atoms with van der Waals surface area (Å²) in [4.78, 5) is 24.1. The number of ether oxygens (including phenoxy) is 1. The molecule has 0 radical (unpaired) electrons. The molecule has 0 spiro atoms. The average molecular weight is 264 g/mol. The summed E-state index contributed by atoms with van der Waals surface area (Å²) in [6.45, 7) is 5.62. The first-order valence-electron chi connectivity index (χ1n) is 6.94. The van der Waals surface area contributed by atoms with Gasteiger partial charge in [-0.05, 0) is 31.4 Å². The van der Waals surface area contributed by atoms with E-state index in [1.165, 1.54) is 0 Å². The molecular weight excluding hydrogens is 242 g/mol. The van der Waals surface area contributed by atoms with Gasteiger partial charge >= 0.3 is 5.97 Å². The fourth-order valence-corrected chi connectivity index (χ4v) is 1.61.